The molecule has 0 aliphatic carbocycles. The van der Waals surface area contributed by atoms with Crippen LogP contribution in [0.2, 0.25) is 0 Å². The molecule has 1 amide bonds. The third kappa shape index (κ3) is 5.55. The van der Waals surface area contributed by atoms with Crippen LogP contribution in [0, 0.1) is 0 Å². The summed E-state index contributed by atoms with van der Waals surface area (Å²) in [6.45, 7) is 1.65. The summed E-state index contributed by atoms with van der Waals surface area (Å²) in [6.07, 6.45) is 0.224. The molecule has 0 spiro atoms. The van der Waals surface area contributed by atoms with Crippen molar-refractivity contribution in [2.75, 3.05) is 5.32 Å². The number of anilines is 1. The Bertz CT molecular complexity index is 468. The molecular weight excluding hydrogens is 298 g/mol. The second kappa shape index (κ2) is 8.09. The topological polar surface area (TPSA) is 120 Å². The summed E-state index contributed by atoms with van der Waals surface area (Å²) in [7, 11) is 0. The average molecular weight is 307 g/mol. The molecule has 0 saturated heterocycles. The first-order chi connectivity index (χ1) is 9.06. The van der Waals surface area contributed by atoms with E-state index in [0.29, 0.717) is 16.9 Å². The monoisotopic (exact) mass is 307 g/mol. The summed E-state index contributed by atoms with van der Waals surface area (Å²) in [6, 6.07) is 4.00. The van der Waals surface area contributed by atoms with Crippen LogP contribution < -0.4 is 14.8 Å². The minimum atomic E-state index is -2.73. The quantitative estimate of drug-likeness (QED) is 0.333. The number of amides is 1. The zero-order valence-corrected chi connectivity index (χ0v) is 11.2. The highest BCUT2D eigenvalue weighted by Crippen LogP contribution is 2.31. The van der Waals surface area contributed by atoms with Crippen molar-refractivity contribution < 1.29 is 32.4 Å². The molecule has 106 valence electrons. The van der Waals surface area contributed by atoms with Gasteiger partial charge in [-0.2, -0.15) is 4.33 Å². The molecule has 0 aromatic heterocycles. The molecule has 0 saturated carbocycles. The van der Waals surface area contributed by atoms with Crippen LogP contribution in [0.1, 0.15) is 13.3 Å². The van der Waals surface area contributed by atoms with Crippen LogP contribution in [-0.2, 0) is 25.5 Å². The largest absolute Gasteiger partial charge is 0.740 e. The minimum absolute atomic E-state index is 0.00660. The van der Waals surface area contributed by atoms with Crippen LogP contribution in [0.25, 0.3) is 0 Å². The zero-order chi connectivity index (χ0) is 14.3. The molecule has 1 aromatic carbocycles. The van der Waals surface area contributed by atoms with Crippen LogP contribution in [0.15, 0.2) is 23.1 Å². The second-order valence-corrected chi connectivity index (χ2v) is 4.38. The van der Waals surface area contributed by atoms with Crippen LogP contribution in [0.3, 0.4) is 0 Å². The van der Waals surface area contributed by atoms with Crippen molar-refractivity contribution in [2.45, 2.75) is 18.2 Å². The lowest BCUT2D eigenvalue weighted by Gasteiger charge is -2.13. The van der Waals surface area contributed by atoms with Crippen LogP contribution in [0.4, 0.5) is 5.69 Å². The molecule has 0 heterocycles. The molecule has 0 aliphatic rings. The lowest BCUT2D eigenvalue weighted by molar-refractivity contribution is -0.777. The zero-order valence-electron chi connectivity index (χ0n) is 9.61. The maximum absolute atomic E-state index is 11.3. The van der Waals surface area contributed by atoms with E-state index in [1.165, 1.54) is 18.2 Å². The van der Waals surface area contributed by atoms with Gasteiger partial charge in [-0.3, -0.25) is 9.83 Å². The highest BCUT2D eigenvalue weighted by atomic mass is 32.2. The van der Waals surface area contributed by atoms with E-state index in [2.05, 4.69) is 18.9 Å². The Hall–Kier alpha value is -1.17. The third-order valence-corrected chi connectivity index (χ3v) is 2.85. The average Bonchev–Trinajstić information content (AvgIpc) is 2.37. The Balaban J connectivity index is 2.95. The molecule has 0 fully saturated rings. The maximum Gasteiger partial charge on any atom is 0.224 e. The second-order valence-electron chi connectivity index (χ2n) is 3.07. The van der Waals surface area contributed by atoms with Gasteiger partial charge in [0, 0.05) is 12.5 Å². The van der Waals surface area contributed by atoms with Gasteiger partial charge in [0.2, 0.25) is 5.91 Å². The predicted octanol–water partition coefficient (Wildman–Crippen LogP) is 0.439. The van der Waals surface area contributed by atoms with Gasteiger partial charge < -0.3 is 19.3 Å². The van der Waals surface area contributed by atoms with Gasteiger partial charge in [-0.1, -0.05) is 6.92 Å². The molecule has 0 aliphatic heterocycles. The standard InChI is InChI=1S/C9H11NO7S2/c1-2-9(11)10-7-5-6(15-19(13)14)3-4-8(7)18-17-16-12/h3-5,12H,2H2,1H3,(H,10,11)(H,13,14)/p-2. The van der Waals surface area contributed by atoms with Crippen LogP contribution in [-0.4, -0.2) is 14.7 Å². The van der Waals surface area contributed by atoms with E-state index >= 15 is 0 Å². The van der Waals surface area contributed by atoms with Gasteiger partial charge in [0.15, 0.2) is 0 Å². The first-order valence-corrected chi connectivity index (χ1v) is 6.65. The summed E-state index contributed by atoms with van der Waals surface area (Å²) < 4.78 is 29.4. The van der Waals surface area contributed by atoms with E-state index in [0.717, 1.165) is 0 Å². The fraction of sp³-hybridized carbons (Fsp3) is 0.222. The Morgan fingerprint density at radius 3 is 2.84 bits per heavy atom. The Labute approximate surface area is 115 Å². The van der Waals surface area contributed by atoms with Gasteiger partial charge in [0.1, 0.15) is 17.1 Å². The Kier molecular flexibility index (Phi) is 6.77. The van der Waals surface area contributed by atoms with Crippen molar-refractivity contribution in [1.82, 2.24) is 0 Å². The van der Waals surface area contributed by atoms with Crippen molar-refractivity contribution in [3.05, 3.63) is 18.2 Å². The number of carbonyl (C=O) groups is 1. The first kappa shape index (κ1) is 15.9. The molecule has 8 nitrogen and oxygen atoms in total. The number of rotatable bonds is 7. The molecular formula is C9H9NO7S2-2. The molecule has 0 radical (unpaired) electrons. The maximum atomic E-state index is 11.3. The van der Waals surface area contributed by atoms with E-state index in [9.17, 15) is 18.8 Å². The lowest BCUT2D eigenvalue weighted by Crippen LogP contribution is -2.11. The molecule has 1 aromatic rings. The number of carbonyl (C=O) groups excluding carboxylic acids is 1. The van der Waals surface area contributed by atoms with Crippen molar-refractivity contribution in [2.24, 2.45) is 0 Å². The highest BCUT2D eigenvalue weighted by Gasteiger charge is 2.09. The van der Waals surface area contributed by atoms with E-state index in [-0.39, 0.29) is 23.8 Å². The van der Waals surface area contributed by atoms with Gasteiger partial charge in [0.05, 0.1) is 22.6 Å². The fourth-order valence-corrected chi connectivity index (χ4v) is 1.78. The summed E-state index contributed by atoms with van der Waals surface area (Å²) >= 11 is -2.16. The smallest absolute Gasteiger partial charge is 0.224 e. The fourth-order valence-electron chi connectivity index (χ4n) is 1.10. The number of benzene rings is 1. The van der Waals surface area contributed by atoms with E-state index in [1.54, 1.807) is 6.92 Å². The molecule has 19 heavy (non-hydrogen) atoms. The molecule has 1 rings (SSSR count). The molecule has 1 atom stereocenters. The van der Waals surface area contributed by atoms with Crippen LogP contribution >= 0.6 is 12.0 Å². The number of nitrogens with one attached hydrogen (secondary N) is 1. The predicted molar refractivity (Wildman–Crippen MR) is 62.9 cm³/mol. The van der Waals surface area contributed by atoms with Crippen molar-refractivity contribution in [1.29, 1.82) is 0 Å². The van der Waals surface area contributed by atoms with Gasteiger partial charge >= 0.3 is 0 Å². The lowest BCUT2D eigenvalue weighted by atomic mass is 10.3. The Morgan fingerprint density at radius 2 is 2.26 bits per heavy atom. The molecule has 1 unspecified atom stereocenters. The SMILES string of the molecule is CCC(=O)Nc1cc(OS(=O)[O-])ccc1SOO[O-]. The van der Waals surface area contributed by atoms with E-state index in [4.69, 9.17) is 0 Å². The summed E-state index contributed by atoms with van der Waals surface area (Å²) in [5, 5.41) is 15.5. The summed E-state index contributed by atoms with van der Waals surface area (Å²) in [5.74, 6) is -0.294. The van der Waals surface area contributed by atoms with Gasteiger partial charge in [-0.15, -0.1) is 0 Å². The molecule has 0 bridgehead atoms. The van der Waals surface area contributed by atoms with Gasteiger partial charge in [0.25, 0.3) is 0 Å². The van der Waals surface area contributed by atoms with E-state index < -0.39 is 11.4 Å². The normalized spacial score (nSPS) is 11.9. The minimum Gasteiger partial charge on any atom is -0.740 e. The van der Waals surface area contributed by atoms with Crippen molar-refractivity contribution in [3.63, 3.8) is 0 Å². The number of hydrogen-bond acceptors (Lipinski definition) is 8. The third-order valence-electron chi connectivity index (χ3n) is 1.86. The van der Waals surface area contributed by atoms with E-state index in [1.807, 2.05) is 0 Å². The van der Waals surface area contributed by atoms with Crippen LogP contribution in [0.5, 0.6) is 5.75 Å². The van der Waals surface area contributed by atoms with Gasteiger partial charge in [-0.05, 0) is 12.1 Å². The van der Waals surface area contributed by atoms with Crippen molar-refractivity contribution in [3.8, 4) is 5.75 Å². The summed E-state index contributed by atoms with van der Waals surface area (Å²) in [4.78, 5) is 11.7. The molecule has 1 N–H and O–H groups in total. The van der Waals surface area contributed by atoms with Crippen molar-refractivity contribution >= 4 is 35.0 Å². The Morgan fingerprint density at radius 1 is 1.53 bits per heavy atom. The summed E-state index contributed by atoms with van der Waals surface area (Å²) in [5.41, 5.74) is 0.233. The number of hydrogen-bond donors (Lipinski definition) is 1. The first-order valence-electron chi connectivity index (χ1n) is 4.91. The van der Waals surface area contributed by atoms with Gasteiger partial charge in [-0.25, -0.2) is 4.21 Å². The highest BCUT2D eigenvalue weighted by molar-refractivity contribution is 7.94. The molecule has 10 heteroatoms.